The minimum Gasteiger partial charge on any atom is -0.487 e. The van der Waals surface area contributed by atoms with Crippen LogP contribution in [0.5, 0.6) is 11.5 Å². The number of benzene rings is 3. The predicted molar refractivity (Wildman–Crippen MR) is 177 cm³/mol. The summed E-state index contributed by atoms with van der Waals surface area (Å²) in [5.74, 6) is 0.216. The van der Waals surface area contributed by atoms with Crippen molar-refractivity contribution in [2.75, 3.05) is 56.7 Å². The molecule has 0 bridgehead atoms. The van der Waals surface area contributed by atoms with Gasteiger partial charge in [-0.15, -0.1) is 0 Å². The Labute approximate surface area is 276 Å². The summed E-state index contributed by atoms with van der Waals surface area (Å²) < 4.78 is 36.5. The molecule has 0 spiro atoms. The first-order valence-electron chi connectivity index (χ1n) is 15.3. The van der Waals surface area contributed by atoms with Crippen LogP contribution < -0.4 is 20.1 Å². The van der Waals surface area contributed by atoms with Crippen molar-refractivity contribution in [2.24, 2.45) is 0 Å². The number of nitriles is 1. The molecule has 1 aromatic heterocycles. The number of aromatic nitrogens is 1. The molecule has 0 saturated carbocycles. The Balaban J connectivity index is 1.26. The zero-order valence-corrected chi connectivity index (χ0v) is 26.3. The van der Waals surface area contributed by atoms with Crippen LogP contribution in [0.3, 0.4) is 0 Å². The molecule has 0 radical (unpaired) electrons. The molecular weight excluding hydrogens is 625 g/mol. The van der Waals surface area contributed by atoms with Gasteiger partial charge >= 0.3 is 0 Å². The fourth-order valence-corrected chi connectivity index (χ4v) is 5.55. The van der Waals surface area contributed by atoms with E-state index in [9.17, 15) is 14.4 Å². The molecule has 6 rings (SSSR count). The Morgan fingerprint density at radius 1 is 1.13 bits per heavy atom. The normalized spacial score (nSPS) is 16.7. The van der Waals surface area contributed by atoms with Crippen LogP contribution in [0.25, 0.3) is 10.9 Å². The van der Waals surface area contributed by atoms with Gasteiger partial charge in [-0.2, -0.15) is 5.26 Å². The number of pyridine rings is 1. The second-order valence-corrected chi connectivity index (χ2v) is 11.5. The highest BCUT2D eigenvalue weighted by Crippen LogP contribution is 2.38. The van der Waals surface area contributed by atoms with E-state index in [1.54, 1.807) is 42.5 Å². The van der Waals surface area contributed by atoms with Gasteiger partial charge in [0.05, 0.1) is 53.9 Å². The van der Waals surface area contributed by atoms with Gasteiger partial charge in [0, 0.05) is 55.5 Å². The molecule has 3 heterocycles. The number of nitrogens with zero attached hydrogens (tertiary/aromatic N) is 3. The van der Waals surface area contributed by atoms with Crippen LogP contribution >= 0.6 is 11.6 Å². The monoisotopic (exact) mass is 657 g/mol. The van der Waals surface area contributed by atoms with Crippen LogP contribution in [0.1, 0.15) is 17.5 Å². The van der Waals surface area contributed by atoms with E-state index in [0.29, 0.717) is 88.6 Å². The first kappa shape index (κ1) is 32.2. The van der Waals surface area contributed by atoms with Crippen molar-refractivity contribution in [2.45, 2.75) is 19.1 Å². The van der Waals surface area contributed by atoms with E-state index in [1.807, 2.05) is 6.08 Å². The molecule has 10 nitrogen and oxygen atoms in total. The molecule has 1 amide bonds. The Morgan fingerprint density at radius 2 is 2.00 bits per heavy atom. The molecule has 12 heteroatoms. The van der Waals surface area contributed by atoms with E-state index < -0.39 is 0 Å². The van der Waals surface area contributed by atoms with E-state index in [1.165, 1.54) is 24.4 Å². The number of ether oxygens (including phenoxy) is 4. The fourth-order valence-electron chi connectivity index (χ4n) is 5.31. The summed E-state index contributed by atoms with van der Waals surface area (Å²) in [4.78, 5) is 19.8. The smallest absolute Gasteiger partial charge is 0.248 e. The summed E-state index contributed by atoms with van der Waals surface area (Å²) in [5.41, 5.74) is 3.03. The molecule has 2 aliphatic heterocycles. The van der Waals surface area contributed by atoms with Gasteiger partial charge in [0.2, 0.25) is 5.91 Å². The van der Waals surface area contributed by atoms with Crippen molar-refractivity contribution in [3.63, 3.8) is 0 Å². The number of rotatable bonds is 11. The molecule has 0 aliphatic carbocycles. The van der Waals surface area contributed by atoms with Crippen LogP contribution in [-0.2, 0) is 20.9 Å². The summed E-state index contributed by atoms with van der Waals surface area (Å²) in [6.07, 6.45) is 5.37. The molecule has 3 aromatic carbocycles. The molecule has 2 fully saturated rings. The topological polar surface area (TPSA) is 118 Å². The van der Waals surface area contributed by atoms with E-state index >= 15 is 0 Å². The lowest BCUT2D eigenvalue weighted by Gasteiger charge is -2.25. The highest BCUT2D eigenvalue weighted by molar-refractivity contribution is 6.32. The maximum atomic E-state index is 13.6. The molecule has 2 aliphatic rings. The van der Waals surface area contributed by atoms with E-state index in [0.717, 1.165) is 19.5 Å². The first-order valence-corrected chi connectivity index (χ1v) is 15.7. The van der Waals surface area contributed by atoms with Crippen molar-refractivity contribution in [3.05, 3.63) is 94.9 Å². The largest absolute Gasteiger partial charge is 0.487 e. The van der Waals surface area contributed by atoms with Gasteiger partial charge in [-0.05, 0) is 42.0 Å². The number of fused-ring (bicyclic) bond motifs is 1. The second kappa shape index (κ2) is 15.2. The van der Waals surface area contributed by atoms with Gasteiger partial charge in [-0.1, -0.05) is 29.8 Å². The number of carbonyl (C=O) groups is 1. The van der Waals surface area contributed by atoms with Crippen LogP contribution in [0.2, 0.25) is 5.02 Å². The average molecular weight is 658 g/mol. The van der Waals surface area contributed by atoms with Gasteiger partial charge in [-0.25, -0.2) is 4.39 Å². The number of nitrogens with one attached hydrogen (secondary N) is 2. The second-order valence-electron chi connectivity index (χ2n) is 11.1. The van der Waals surface area contributed by atoms with E-state index in [4.69, 9.17) is 30.5 Å². The maximum Gasteiger partial charge on any atom is 0.248 e. The lowest BCUT2D eigenvalue weighted by Crippen LogP contribution is -2.36. The molecule has 1 atom stereocenters. The number of amides is 1. The number of hydrogen-bond donors (Lipinski definition) is 2. The predicted octanol–water partition coefficient (Wildman–Crippen LogP) is 6.22. The zero-order valence-electron chi connectivity index (χ0n) is 25.5. The van der Waals surface area contributed by atoms with Gasteiger partial charge in [-0.3, -0.25) is 14.7 Å². The maximum absolute atomic E-state index is 13.6. The third kappa shape index (κ3) is 8.36. The minimum absolute atomic E-state index is 0.145. The summed E-state index contributed by atoms with van der Waals surface area (Å²) in [7, 11) is 0. The van der Waals surface area contributed by atoms with Crippen LogP contribution in [0.4, 0.5) is 21.5 Å². The summed E-state index contributed by atoms with van der Waals surface area (Å²) in [6, 6.07) is 17.0. The Bertz CT molecular complexity index is 1820. The Hall–Kier alpha value is -4.73. The number of anilines is 3. The molecule has 4 aromatic rings. The number of halogens is 2. The molecule has 47 heavy (non-hydrogen) atoms. The van der Waals surface area contributed by atoms with Crippen molar-refractivity contribution >= 4 is 45.5 Å². The summed E-state index contributed by atoms with van der Waals surface area (Å²) >= 11 is 6.55. The SMILES string of the molecule is N#Cc1cnc2cc(O[C@H]3CCOC3)c(NC(=O)/C=C/CN3CCOCC3)cc2c1Nc1ccc(OCc2cccc(F)c2)c(Cl)c1. The minimum atomic E-state index is -0.344. The third-order valence-corrected chi connectivity index (χ3v) is 8.05. The van der Waals surface area contributed by atoms with Crippen LogP contribution in [-0.4, -0.2) is 68.0 Å². The summed E-state index contributed by atoms with van der Waals surface area (Å²) in [5, 5.41) is 17.2. The highest BCUT2D eigenvalue weighted by atomic mass is 35.5. The van der Waals surface area contributed by atoms with Crippen molar-refractivity contribution in [3.8, 4) is 17.6 Å². The van der Waals surface area contributed by atoms with Gasteiger partial charge in [0.15, 0.2) is 0 Å². The number of hydrogen-bond acceptors (Lipinski definition) is 9. The van der Waals surface area contributed by atoms with Gasteiger partial charge < -0.3 is 29.6 Å². The fraction of sp³-hybridized carbons (Fsp3) is 0.286. The van der Waals surface area contributed by atoms with Gasteiger partial charge in [0.1, 0.15) is 36.1 Å². The number of morpholine rings is 1. The van der Waals surface area contributed by atoms with Crippen molar-refractivity contribution < 1.29 is 28.1 Å². The van der Waals surface area contributed by atoms with Crippen LogP contribution in [0, 0.1) is 17.1 Å². The first-order chi connectivity index (χ1) is 22.9. The van der Waals surface area contributed by atoms with Crippen LogP contribution in [0.15, 0.2) is 72.9 Å². The lowest BCUT2D eigenvalue weighted by molar-refractivity contribution is -0.111. The average Bonchev–Trinajstić information content (AvgIpc) is 3.59. The molecule has 2 N–H and O–H groups in total. The summed E-state index contributed by atoms with van der Waals surface area (Å²) in [6.45, 7) is 4.82. The van der Waals surface area contributed by atoms with E-state index in [-0.39, 0.29) is 24.4 Å². The highest BCUT2D eigenvalue weighted by Gasteiger charge is 2.21. The van der Waals surface area contributed by atoms with Gasteiger partial charge in [0.25, 0.3) is 0 Å². The van der Waals surface area contributed by atoms with Crippen molar-refractivity contribution in [1.82, 2.24) is 9.88 Å². The lowest BCUT2D eigenvalue weighted by atomic mass is 10.1. The standard InChI is InChI=1S/C35H33ClFN5O5/c36-29-16-26(6-7-32(29)46-21-23-3-1-4-25(37)15-23)40-35-24(19-38)20-39-30-18-33(47-27-8-12-45-22-27)31(17-28(30)35)41-34(43)5-2-9-42-10-13-44-14-11-42/h1-7,15-18,20,27H,8-14,21-22H2,(H,39,40)(H,41,43)/b5-2+/t27-/m0/s1. The third-order valence-electron chi connectivity index (χ3n) is 7.75. The molecule has 242 valence electrons. The molecule has 2 saturated heterocycles. The number of carbonyl (C=O) groups excluding carboxylic acids is 1. The van der Waals surface area contributed by atoms with E-state index in [2.05, 4.69) is 26.6 Å². The Kier molecular flexibility index (Phi) is 10.4. The Morgan fingerprint density at radius 3 is 2.77 bits per heavy atom. The molecule has 0 unspecified atom stereocenters. The molecular formula is C35H33ClFN5O5. The van der Waals surface area contributed by atoms with Crippen molar-refractivity contribution in [1.29, 1.82) is 5.26 Å². The quantitative estimate of drug-likeness (QED) is 0.181. The zero-order chi connectivity index (χ0) is 32.6.